The van der Waals surface area contributed by atoms with Gasteiger partial charge in [0.15, 0.2) is 0 Å². The van der Waals surface area contributed by atoms with Crippen molar-refractivity contribution in [2.45, 2.75) is 19.3 Å². The first kappa shape index (κ1) is 9.97. The molecule has 0 bridgehead atoms. The highest BCUT2D eigenvalue weighted by Gasteiger charge is 2.57. The molecule has 3 heteroatoms. The predicted octanol–water partition coefficient (Wildman–Crippen LogP) is 0.710. The molecule has 2 aliphatic rings. The Morgan fingerprint density at radius 1 is 1.43 bits per heavy atom. The number of hydrogen-bond donors (Lipinski definition) is 1. The molecule has 2 atom stereocenters. The van der Waals surface area contributed by atoms with Gasteiger partial charge in [-0.25, -0.2) is 0 Å². The summed E-state index contributed by atoms with van der Waals surface area (Å²) in [7, 11) is 3.85. The number of hydrogen-bond acceptors (Lipinski definition) is 2. The van der Waals surface area contributed by atoms with Crippen molar-refractivity contribution in [1.29, 1.82) is 0 Å². The maximum absolute atomic E-state index is 11.9. The van der Waals surface area contributed by atoms with E-state index in [0.717, 1.165) is 24.9 Å². The van der Waals surface area contributed by atoms with E-state index in [0.29, 0.717) is 11.8 Å². The van der Waals surface area contributed by atoms with Crippen molar-refractivity contribution in [3.05, 3.63) is 0 Å². The van der Waals surface area contributed by atoms with E-state index in [1.807, 2.05) is 19.0 Å². The quantitative estimate of drug-likeness (QED) is 0.718. The van der Waals surface area contributed by atoms with E-state index in [-0.39, 0.29) is 0 Å². The summed E-state index contributed by atoms with van der Waals surface area (Å²) in [5.74, 6) is 2.28. The molecule has 2 fully saturated rings. The second kappa shape index (κ2) is 3.89. The number of carbonyl (C=O) groups is 1. The minimum atomic E-state index is 0.384. The van der Waals surface area contributed by atoms with Crippen molar-refractivity contribution < 1.29 is 4.79 Å². The lowest BCUT2D eigenvalue weighted by Crippen LogP contribution is -2.34. The van der Waals surface area contributed by atoms with Crippen LogP contribution in [0.15, 0.2) is 0 Å². The van der Waals surface area contributed by atoms with Crippen molar-refractivity contribution in [2.24, 2.45) is 17.8 Å². The lowest BCUT2D eigenvalue weighted by atomic mass is 10.1. The van der Waals surface area contributed by atoms with E-state index in [4.69, 9.17) is 0 Å². The first-order valence-corrected chi connectivity index (χ1v) is 5.65. The topological polar surface area (TPSA) is 32.3 Å². The Labute approximate surface area is 85.8 Å². The predicted molar refractivity (Wildman–Crippen MR) is 55.9 cm³/mol. The average molecular weight is 196 g/mol. The summed E-state index contributed by atoms with van der Waals surface area (Å²) in [6.07, 6.45) is 3.93. The molecule has 0 spiro atoms. The van der Waals surface area contributed by atoms with Gasteiger partial charge in [-0.3, -0.25) is 4.79 Å². The molecule has 0 heterocycles. The van der Waals surface area contributed by atoms with Gasteiger partial charge in [-0.05, 0) is 31.7 Å². The van der Waals surface area contributed by atoms with Crippen molar-refractivity contribution in [1.82, 2.24) is 10.2 Å². The molecule has 1 N–H and O–H groups in total. The minimum absolute atomic E-state index is 0.384. The molecule has 2 aliphatic carbocycles. The number of nitrogens with one attached hydrogen (secondary N) is 1. The third-order valence-electron chi connectivity index (χ3n) is 3.77. The normalized spacial score (nSPS) is 34.0. The van der Waals surface area contributed by atoms with Gasteiger partial charge in [-0.1, -0.05) is 6.42 Å². The summed E-state index contributed by atoms with van der Waals surface area (Å²) in [6, 6.07) is 0. The van der Waals surface area contributed by atoms with Crippen LogP contribution in [0, 0.1) is 17.8 Å². The van der Waals surface area contributed by atoms with E-state index < -0.39 is 0 Å². The SMILES string of the molecule is CNCCN(C)C(=O)C1C2CCCC21. The van der Waals surface area contributed by atoms with Gasteiger partial charge in [0.05, 0.1) is 0 Å². The van der Waals surface area contributed by atoms with E-state index in [2.05, 4.69) is 5.32 Å². The summed E-state index contributed by atoms with van der Waals surface area (Å²) in [5, 5.41) is 3.07. The number of fused-ring (bicyclic) bond motifs is 1. The van der Waals surface area contributed by atoms with E-state index in [1.54, 1.807) is 0 Å². The van der Waals surface area contributed by atoms with Gasteiger partial charge < -0.3 is 10.2 Å². The second-order valence-electron chi connectivity index (χ2n) is 4.65. The first-order chi connectivity index (χ1) is 6.75. The third-order valence-corrected chi connectivity index (χ3v) is 3.77. The molecular formula is C11H20N2O. The zero-order valence-electron chi connectivity index (χ0n) is 9.12. The second-order valence-corrected chi connectivity index (χ2v) is 4.65. The highest BCUT2D eigenvalue weighted by atomic mass is 16.2. The Morgan fingerprint density at radius 2 is 2.07 bits per heavy atom. The van der Waals surface area contributed by atoms with Crippen LogP contribution in [0.5, 0.6) is 0 Å². The van der Waals surface area contributed by atoms with Gasteiger partial charge in [0.25, 0.3) is 0 Å². The smallest absolute Gasteiger partial charge is 0.226 e. The lowest BCUT2D eigenvalue weighted by molar-refractivity contribution is -0.132. The highest BCUT2D eigenvalue weighted by Crippen LogP contribution is 2.57. The highest BCUT2D eigenvalue weighted by molar-refractivity contribution is 5.82. The summed E-state index contributed by atoms with van der Waals surface area (Å²) in [4.78, 5) is 13.8. The van der Waals surface area contributed by atoms with E-state index in [1.165, 1.54) is 19.3 Å². The Balaban J connectivity index is 1.78. The fourth-order valence-electron chi connectivity index (χ4n) is 2.83. The molecule has 2 saturated carbocycles. The van der Waals surface area contributed by atoms with Gasteiger partial charge in [0.2, 0.25) is 5.91 Å². The van der Waals surface area contributed by atoms with Gasteiger partial charge in [-0.15, -0.1) is 0 Å². The van der Waals surface area contributed by atoms with Crippen LogP contribution < -0.4 is 5.32 Å². The first-order valence-electron chi connectivity index (χ1n) is 5.65. The van der Waals surface area contributed by atoms with Crippen molar-refractivity contribution in [3.8, 4) is 0 Å². The van der Waals surface area contributed by atoms with E-state index >= 15 is 0 Å². The van der Waals surface area contributed by atoms with Crippen LogP contribution in [-0.4, -0.2) is 38.0 Å². The van der Waals surface area contributed by atoms with Crippen LogP contribution in [-0.2, 0) is 4.79 Å². The van der Waals surface area contributed by atoms with Crippen molar-refractivity contribution in [3.63, 3.8) is 0 Å². The van der Waals surface area contributed by atoms with Crippen molar-refractivity contribution >= 4 is 5.91 Å². The third kappa shape index (κ3) is 1.65. The molecule has 0 aliphatic heterocycles. The zero-order valence-corrected chi connectivity index (χ0v) is 9.12. The van der Waals surface area contributed by atoms with Crippen LogP contribution in [0.3, 0.4) is 0 Å². The van der Waals surface area contributed by atoms with Crippen LogP contribution in [0.1, 0.15) is 19.3 Å². The molecular weight excluding hydrogens is 176 g/mol. The van der Waals surface area contributed by atoms with Gasteiger partial charge in [0, 0.05) is 26.1 Å². The zero-order chi connectivity index (χ0) is 10.1. The molecule has 0 aromatic heterocycles. The Kier molecular flexibility index (Phi) is 2.77. The largest absolute Gasteiger partial charge is 0.344 e. The van der Waals surface area contributed by atoms with Gasteiger partial charge in [-0.2, -0.15) is 0 Å². The summed E-state index contributed by atoms with van der Waals surface area (Å²) in [5.41, 5.74) is 0. The summed E-state index contributed by atoms with van der Waals surface area (Å²) >= 11 is 0. The summed E-state index contributed by atoms with van der Waals surface area (Å²) < 4.78 is 0. The van der Waals surface area contributed by atoms with Crippen LogP contribution in [0.25, 0.3) is 0 Å². The Bertz CT molecular complexity index is 219. The molecule has 0 aromatic rings. The number of likely N-dealkylation sites (N-methyl/N-ethyl adjacent to an activating group) is 2. The fraction of sp³-hybridized carbons (Fsp3) is 0.909. The molecule has 2 unspecified atom stereocenters. The average Bonchev–Trinajstić information content (AvgIpc) is 2.66. The number of amides is 1. The van der Waals surface area contributed by atoms with Gasteiger partial charge in [0.1, 0.15) is 0 Å². The maximum atomic E-state index is 11.9. The molecule has 2 rings (SSSR count). The van der Waals surface area contributed by atoms with Crippen molar-refractivity contribution in [2.75, 3.05) is 27.2 Å². The minimum Gasteiger partial charge on any atom is -0.344 e. The fourth-order valence-corrected chi connectivity index (χ4v) is 2.83. The molecule has 3 nitrogen and oxygen atoms in total. The Morgan fingerprint density at radius 3 is 2.64 bits per heavy atom. The molecule has 80 valence electrons. The van der Waals surface area contributed by atoms with E-state index in [9.17, 15) is 4.79 Å². The lowest BCUT2D eigenvalue weighted by Gasteiger charge is -2.17. The monoisotopic (exact) mass is 196 g/mol. The molecule has 1 amide bonds. The molecule has 0 aromatic carbocycles. The van der Waals surface area contributed by atoms with Gasteiger partial charge >= 0.3 is 0 Å². The molecule has 14 heavy (non-hydrogen) atoms. The Hall–Kier alpha value is -0.570. The molecule has 0 saturated heterocycles. The number of carbonyl (C=O) groups excluding carboxylic acids is 1. The van der Waals surface area contributed by atoms with Crippen LogP contribution in [0.2, 0.25) is 0 Å². The summed E-state index contributed by atoms with van der Waals surface area (Å²) in [6.45, 7) is 1.73. The molecule has 0 radical (unpaired) electrons. The maximum Gasteiger partial charge on any atom is 0.226 e. The standard InChI is InChI=1S/C11H20N2O/c1-12-6-7-13(2)11(14)10-8-4-3-5-9(8)10/h8-10,12H,3-7H2,1-2H3. The van der Waals surface area contributed by atoms with Crippen LogP contribution in [0.4, 0.5) is 0 Å². The number of nitrogens with zero attached hydrogens (tertiary/aromatic N) is 1. The number of rotatable bonds is 4. The van der Waals surface area contributed by atoms with Crippen LogP contribution >= 0.6 is 0 Å².